The first-order valence-electron chi connectivity index (χ1n) is 28.7. The topological polar surface area (TPSA) is 73.2 Å². The summed E-state index contributed by atoms with van der Waals surface area (Å²) in [7, 11) is 0. The van der Waals surface area contributed by atoms with Gasteiger partial charge < -0.3 is 14.3 Å². The number of hydrogen-bond donors (Lipinski definition) is 1. The quantitative estimate of drug-likeness (QED) is 0.173. The van der Waals surface area contributed by atoms with Crippen molar-refractivity contribution in [3.8, 4) is 39.5 Å². The fourth-order valence-electron chi connectivity index (χ4n) is 13.5. The fraction of sp³-hybridized carbons (Fsp3) is 0.0395. The third-order valence-corrected chi connectivity index (χ3v) is 18.7. The number of fused-ring (bicyclic) bond motifs is 15. The van der Waals surface area contributed by atoms with E-state index < -0.39 is 6.29 Å². The molecule has 0 spiro atoms. The first kappa shape index (κ1) is 47.0. The van der Waals surface area contributed by atoms with Gasteiger partial charge >= 0.3 is 0 Å². The zero-order chi connectivity index (χ0) is 55.0. The number of hydrogen-bond acceptors (Lipinski definition) is 6. The first-order chi connectivity index (χ1) is 41.6. The monoisotopic (exact) mass is 1090 g/mol. The predicted octanol–water partition coefficient (Wildman–Crippen LogP) is 18.2. The van der Waals surface area contributed by atoms with Gasteiger partial charge in [-0.1, -0.05) is 176 Å². The molecule has 11 aromatic carbocycles. The molecule has 18 rings (SSSR count). The van der Waals surface area contributed by atoms with Gasteiger partial charge in [0.15, 0.2) is 0 Å². The Morgan fingerprint density at radius 1 is 0.464 bits per heavy atom. The fourth-order valence-corrected chi connectivity index (χ4v) is 14.7. The lowest BCUT2D eigenvalue weighted by Crippen LogP contribution is -2.42. The number of aromatic nitrogens is 4. The molecule has 0 radical (unpaired) electrons. The molecule has 2 atom stereocenters. The van der Waals surface area contributed by atoms with Gasteiger partial charge in [-0.2, -0.15) is 0 Å². The maximum Gasteiger partial charge on any atom is 0.235 e. The molecular weight excluding hydrogens is 1040 g/mol. The molecule has 5 aromatic heterocycles. The Balaban J connectivity index is 0.747. The molecule has 0 amide bonds. The molecule has 0 saturated carbocycles. The van der Waals surface area contributed by atoms with E-state index in [9.17, 15) is 0 Å². The van der Waals surface area contributed by atoms with Crippen molar-refractivity contribution < 1.29 is 4.42 Å². The maximum absolute atomic E-state index is 6.61. The van der Waals surface area contributed by atoms with E-state index in [2.05, 4.69) is 269 Å². The molecule has 1 aliphatic carbocycles. The maximum atomic E-state index is 6.61. The third kappa shape index (κ3) is 7.27. The summed E-state index contributed by atoms with van der Waals surface area (Å²) in [6.07, 6.45) is 9.55. The highest BCUT2D eigenvalue weighted by atomic mass is 32.1. The molecule has 84 heavy (non-hydrogen) atoms. The summed E-state index contributed by atoms with van der Waals surface area (Å²) < 4.78 is 12.5. The van der Waals surface area contributed by atoms with Crippen LogP contribution in [0.15, 0.2) is 270 Å². The lowest BCUT2D eigenvalue weighted by molar-refractivity contribution is 0.490. The normalized spacial score (nSPS) is 15.2. The minimum absolute atomic E-state index is 0.381. The second kappa shape index (κ2) is 18.4. The second-order valence-electron chi connectivity index (χ2n) is 22.2. The number of para-hydroxylation sites is 2. The highest BCUT2D eigenvalue weighted by Crippen LogP contribution is 2.43. The van der Waals surface area contributed by atoms with E-state index in [1.54, 1.807) is 0 Å². The van der Waals surface area contributed by atoms with Crippen LogP contribution in [0.5, 0.6) is 0 Å². The molecule has 0 saturated heterocycles. The number of allylic oxidation sites excluding steroid dienone is 4. The van der Waals surface area contributed by atoms with Crippen molar-refractivity contribution in [1.82, 2.24) is 24.4 Å². The van der Waals surface area contributed by atoms with Gasteiger partial charge in [-0.3, -0.25) is 4.57 Å². The molecule has 1 N–H and O–H groups in total. The van der Waals surface area contributed by atoms with Gasteiger partial charge in [0.2, 0.25) is 12.2 Å². The van der Waals surface area contributed by atoms with E-state index in [4.69, 9.17) is 19.4 Å². The Kier molecular flexibility index (Phi) is 10.3. The molecule has 7 nitrogen and oxygen atoms in total. The SMILES string of the molecule is C1=CCC(c2cc3c4c(ccc3s2)=NC(n2c3ccccc3c3cc(-c5ccc6oc7ccc(-c8ccc9c(c8)c8c%10ccccc%10ccc8n9-c8nc(-c9ccccc9)c9ccccc9n8)cc7c6c5)ccc32)NC=4c2ccccc2)C=C1. The molecule has 16 aromatic rings. The molecular formula is C76H48N6OS. The van der Waals surface area contributed by atoms with E-state index in [1.165, 1.54) is 41.9 Å². The molecule has 0 bridgehead atoms. The Morgan fingerprint density at radius 2 is 1.11 bits per heavy atom. The molecule has 2 unspecified atom stereocenters. The summed E-state index contributed by atoms with van der Waals surface area (Å²) in [4.78, 5) is 17.6. The molecule has 0 fully saturated rings. The Bertz CT molecular complexity index is 5650. The van der Waals surface area contributed by atoms with Gasteiger partial charge in [-0.05, 0) is 130 Å². The highest BCUT2D eigenvalue weighted by Gasteiger charge is 2.26. The van der Waals surface area contributed by atoms with E-state index in [0.717, 1.165) is 122 Å². The summed E-state index contributed by atoms with van der Waals surface area (Å²) in [6, 6.07) is 85.2. The Labute approximate surface area is 485 Å². The summed E-state index contributed by atoms with van der Waals surface area (Å²) in [5, 5.41) is 17.6. The average Bonchev–Trinajstić information content (AvgIpc) is 3.47. The van der Waals surface area contributed by atoms with Crippen molar-refractivity contribution in [3.05, 3.63) is 282 Å². The number of nitrogens with zero attached hydrogens (tertiary/aromatic N) is 5. The Morgan fingerprint density at radius 3 is 1.88 bits per heavy atom. The molecule has 394 valence electrons. The summed E-state index contributed by atoms with van der Waals surface area (Å²) in [5.41, 5.74) is 15.6. The van der Waals surface area contributed by atoms with E-state index in [0.29, 0.717) is 11.9 Å². The van der Waals surface area contributed by atoms with Crippen LogP contribution < -0.4 is 15.9 Å². The predicted molar refractivity (Wildman–Crippen MR) is 347 cm³/mol. The van der Waals surface area contributed by atoms with Gasteiger partial charge in [0.05, 0.1) is 44.3 Å². The van der Waals surface area contributed by atoms with Crippen molar-refractivity contribution in [2.45, 2.75) is 18.6 Å². The zero-order valence-corrected chi connectivity index (χ0v) is 46.1. The van der Waals surface area contributed by atoms with Gasteiger partial charge in [0.1, 0.15) is 11.2 Å². The van der Waals surface area contributed by atoms with E-state index in [1.807, 2.05) is 17.4 Å². The number of furan rings is 1. The largest absolute Gasteiger partial charge is 0.456 e. The van der Waals surface area contributed by atoms with Crippen LogP contribution in [0, 0.1) is 0 Å². The van der Waals surface area contributed by atoms with Crippen molar-refractivity contribution in [2.75, 3.05) is 0 Å². The van der Waals surface area contributed by atoms with Gasteiger partial charge in [0, 0.05) is 69.4 Å². The van der Waals surface area contributed by atoms with Crippen molar-refractivity contribution in [1.29, 1.82) is 0 Å². The number of nitrogens with one attached hydrogen (secondary N) is 1. The number of thiophene rings is 1. The van der Waals surface area contributed by atoms with Crippen LogP contribution in [0.2, 0.25) is 0 Å². The first-order valence-corrected chi connectivity index (χ1v) is 29.5. The Hall–Kier alpha value is -10.7. The number of rotatable bonds is 7. The van der Waals surface area contributed by atoms with Gasteiger partial charge in [0.25, 0.3) is 0 Å². The summed E-state index contributed by atoms with van der Waals surface area (Å²) >= 11 is 1.89. The zero-order valence-electron chi connectivity index (χ0n) is 45.2. The average molecular weight is 1090 g/mol. The molecule has 8 heteroatoms. The van der Waals surface area contributed by atoms with Crippen LogP contribution in [-0.2, 0) is 0 Å². The van der Waals surface area contributed by atoms with Crippen LogP contribution in [0.4, 0.5) is 0 Å². The smallest absolute Gasteiger partial charge is 0.235 e. The molecule has 2 aliphatic rings. The van der Waals surface area contributed by atoms with E-state index in [-0.39, 0.29) is 0 Å². The lowest BCUT2D eigenvalue weighted by Gasteiger charge is -2.25. The van der Waals surface area contributed by atoms with Gasteiger partial charge in [-0.25, -0.2) is 15.0 Å². The van der Waals surface area contributed by atoms with Crippen molar-refractivity contribution in [2.24, 2.45) is 4.99 Å². The number of benzene rings is 11. The van der Waals surface area contributed by atoms with Crippen molar-refractivity contribution in [3.63, 3.8) is 0 Å². The van der Waals surface area contributed by atoms with Crippen LogP contribution in [0.25, 0.3) is 142 Å². The van der Waals surface area contributed by atoms with Crippen LogP contribution in [-0.4, -0.2) is 19.1 Å². The third-order valence-electron chi connectivity index (χ3n) is 17.5. The highest BCUT2D eigenvalue weighted by molar-refractivity contribution is 7.19. The molecule has 6 heterocycles. The van der Waals surface area contributed by atoms with Crippen LogP contribution in [0.3, 0.4) is 0 Å². The summed E-state index contributed by atoms with van der Waals surface area (Å²) in [5.74, 6) is 1.02. The van der Waals surface area contributed by atoms with E-state index >= 15 is 0 Å². The minimum atomic E-state index is -0.392. The van der Waals surface area contributed by atoms with Crippen molar-refractivity contribution >= 4 is 114 Å². The van der Waals surface area contributed by atoms with Crippen LogP contribution >= 0.6 is 11.3 Å². The molecule has 1 aliphatic heterocycles. The lowest BCUT2D eigenvalue weighted by atomic mass is 9.98. The second-order valence-corrected chi connectivity index (χ2v) is 23.3. The summed E-state index contributed by atoms with van der Waals surface area (Å²) in [6.45, 7) is 0. The minimum Gasteiger partial charge on any atom is -0.456 e. The van der Waals surface area contributed by atoms with Gasteiger partial charge in [-0.15, -0.1) is 11.3 Å². The van der Waals surface area contributed by atoms with Crippen LogP contribution in [0.1, 0.15) is 29.1 Å². The standard InChI is InChI=1S/C76H48N6OS/c1-4-17-46(18-5-1)70-44-60-69(84-70)39-33-62-72(60)74(48-21-8-3-9-22-48)80-76(78-62)81-63-27-15-13-24-54(63)56-40-49(29-34-64(56)81)51-31-37-67-57(41-51)58-42-52(32-38-68(58)83-67)50-30-35-65-59(43-50)71-53-23-11-10-16-45(53)28-36-66(71)82(65)75-77-61-26-14-12-25-55(61)73(79-75)47-19-6-2-7-20-47/h1-17,19-44,46,76,80H,18H2.